The Morgan fingerprint density at radius 2 is 0.778 bits per heavy atom. The van der Waals surface area contributed by atoms with Gasteiger partial charge in [0.15, 0.2) is 0 Å². The molecule has 0 radical (unpaired) electrons. The van der Waals surface area contributed by atoms with Crippen LogP contribution in [0, 0.1) is 0 Å². The number of hydrogen-bond donors (Lipinski definition) is 6. The number of carbonyl (C=O) groups excluding carboxylic acids is 1. The van der Waals surface area contributed by atoms with Crippen molar-refractivity contribution in [1.29, 1.82) is 0 Å². The van der Waals surface area contributed by atoms with Crippen LogP contribution in [0.5, 0.6) is 0 Å². The molecular formula is C2H21N5O10W. The molecule has 0 aromatic carbocycles. The summed E-state index contributed by atoms with van der Waals surface area (Å²) < 4.78 is 34.6. The van der Waals surface area contributed by atoms with E-state index in [0.717, 1.165) is 0 Å². The third-order valence-corrected chi connectivity index (χ3v) is 0. The van der Waals surface area contributed by atoms with E-state index in [1.54, 1.807) is 0 Å². The average Bonchev–Trinajstić information content (AvgIpc) is 1.50. The Hall–Kier alpha value is -1.45. The van der Waals surface area contributed by atoms with Gasteiger partial charge in [-0.15, -0.1) is 0 Å². The molecule has 0 aromatic rings. The zero-order valence-electron chi connectivity index (χ0n) is 10.5. The first-order valence-corrected chi connectivity index (χ1v) is 6.70. The maximum absolute atomic E-state index is 8.65. The van der Waals surface area contributed by atoms with Crippen molar-refractivity contribution >= 4 is 12.3 Å². The van der Waals surface area contributed by atoms with Gasteiger partial charge in [0.2, 0.25) is 6.16 Å². The normalized spacial score (nSPS) is 5.89. The van der Waals surface area contributed by atoms with E-state index in [2.05, 4.69) is 0 Å². The second-order valence-corrected chi connectivity index (χ2v) is 3.86. The molecule has 0 aliphatic carbocycles. The standard InChI is InChI=1S/2CH2O3.5H3N.4O.W/c2*2-1(3)4;;;;;;;;;;/h2*(H2,2,3,4);5*1H3;;;;;/q;;;;;;;;;2*-1;/p+2. The second-order valence-electron chi connectivity index (χ2n) is 0.924. The van der Waals surface area contributed by atoms with Crippen LogP contribution >= 0.6 is 0 Å². The van der Waals surface area contributed by atoms with Gasteiger partial charge in [0.1, 0.15) is 0 Å². The molecule has 0 aromatic heterocycles. The zero-order chi connectivity index (χ0) is 11.7. The number of carbonyl (C=O) groups is 2. The van der Waals surface area contributed by atoms with Crippen LogP contribution in [-0.2, 0) is 23.5 Å². The predicted octanol–water partition coefficient (Wildman–Crippen LogP) is -4.30. The van der Waals surface area contributed by atoms with E-state index in [1.807, 2.05) is 0 Å². The summed E-state index contributed by atoms with van der Waals surface area (Å²) in [4.78, 5) is 16.8. The van der Waals surface area contributed by atoms with Gasteiger partial charge in [-0.3, -0.25) is 0 Å². The summed E-state index contributed by atoms with van der Waals surface area (Å²) >= 11 is -6.17. The van der Waals surface area contributed by atoms with Crippen molar-refractivity contribution < 1.29 is 61.1 Å². The monoisotopic (exact) mass is 459 g/mol. The van der Waals surface area contributed by atoms with E-state index in [-0.39, 0.29) is 30.8 Å². The third-order valence-electron chi connectivity index (χ3n) is 0. The predicted molar refractivity (Wildman–Crippen MR) is 44.7 cm³/mol. The summed E-state index contributed by atoms with van der Waals surface area (Å²) in [6.07, 6.45) is -4.42. The Bertz CT molecular complexity index is 223. The molecule has 0 amide bonds. The van der Waals surface area contributed by atoms with E-state index in [0.29, 0.717) is 0 Å². The molecule has 0 rings (SSSR count). The van der Waals surface area contributed by atoms with Crippen LogP contribution in [-0.4, -0.2) is 17.4 Å². The van der Waals surface area contributed by atoms with Gasteiger partial charge in [0.05, 0.1) is 0 Å². The molecule has 0 aliphatic rings. The van der Waals surface area contributed by atoms with Gasteiger partial charge < -0.3 is 60.8 Å². The topological polar surface area (TPSA) is 386 Å². The fraction of sp³-hybridized carbons (Fsp3) is 0. The molecule has 0 saturated heterocycles. The fourth-order valence-corrected chi connectivity index (χ4v) is 0. The van der Waals surface area contributed by atoms with Crippen molar-refractivity contribution in [3.05, 3.63) is 0 Å². The minimum absolute atomic E-state index is 0. The summed E-state index contributed by atoms with van der Waals surface area (Å²) in [5.41, 5.74) is 0. The van der Waals surface area contributed by atoms with E-state index >= 15 is 0 Å². The number of hydrogen-bond acceptors (Lipinski definition) is 9. The van der Waals surface area contributed by atoms with Crippen LogP contribution in [0.4, 0.5) is 9.59 Å². The summed E-state index contributed by atoms with van der Waals surface area (Å²) in [6.45, 7) is 0. The van der Waals surface area contributed by atoms with E-state index < -0.39 is 29.1 Å². The minimum atomic E-state index is -6.17. The molecule has 0 atom stereocenters. The zero-order valence-corrected chi connectivity index (χ0v) is 13.5. The van der Waals surface area contributed by atoms with Crippen molar-refractivity contribution in [2.75, 3.05) is 0 Å². The summed E-state index contributed by atoms with van der Waals surface area (Å²) in [6, 6.07) is 0. The Morgan fingerprint density at radius 3 is 0.778 bits per heavy atom. The van der Waals surface area contributed by atoms with Crippen LogP contribution in [0.1, 0.15) is 0 Å². The molecule has 120 valence electrons. The van der Waals surface area contributed by atoms with Crippen molar-refractivity contribution in [2.24, 2.45) is 0 Å². The number of rotatable bonds is 0. The van der Waals surface area contributed by atoms with Crippen LogP contribution in [0.25, 0.3) is 0 Å². The Morgan fingerprint density at radius 1 is 0.778 bits per heavy atom. The molecule has 0 bridgehead atoms. The molecule has 0 spiro atoms. The molecule has 18 heavy (non-hydrogen) atoms. The molecule has 16 heteroatoms. The number of carboxylic acid groups (broad SMARTS) is 4. The van der Waals surface area contributed by atoms with Crippen LogP contribution < -0.4 is 53.6 Å². The molecular weight excluding hydrogens is 438 g/mol. The van der Waals surface area contributed by atoms with Crippen molar-refractivity contribution in [2.45, 2.75) is 0 Å². The van der Waals surface area contributed by atoms with Crippen LogP contribution in [0.15, 0.2) is 0 Å². The molecule has 0 heterocycles. The average molecular weight is 459 g/mol. The van der Waals surface area contributed by atoms with Gasteiger partial charge in [-0.2, -0.15) is 0 Å². The van der Waals surface area contributed by atoms with E-state index in [9.17, 15) is 0 Å². The van der Waals surface area contributed by atoms with Crippen molar-refractivity contribution in [3.8, 4) is 0 Å². The van der Waals surface area contributed by atoms with Gasteiger partial charge in [0, 0.05) is 0 Å². The first-order valence-electron chi connectivity index (χ1n) is 1.91. The maximum atomic E-state index is 8.65. The second kappa shape index (κ2) is 29.6. The van der Waals surface area contributed by atoms with Gasteiger partial charge >= 0.3 is 31.1 Å². The molecule has 0 unspecified atom stereocenters. The Labute approximate surface area is 105 Å². The molecule has 0 fully saturated rings. The van der Waals surface area contributed by atoms with Crippen molar-refractivity contribution in [3.63, 3.8) is 0 Å². The van der Waals surface area contributed by atoms with Gasteiger partial charge in [-0.1, -0.05) is 0 Å². The number of quaternary nitrogens is 5. The van der Waals surface area contributed by atoms with Crippen molar-refractivity contribution in [1.82, 2.24) is 30.8 Å². The molecule has 15 nitrogen and oxygen atoms in total. The SMILES string of the molecule is O=C([O-])O.O=C([O-])[O-].[NH4+].[NH4+].[NH4+].[NH4+].[NH4+].[O]=[W](=[O])([O-])[O-]. The van der Waals surface area contributed by atoms with Crippen LogP contribution in [0.3, 0.4) is 0 Å². The summed E-state index contributed by atoms with van der Waals surface area (Å²) in [7, 11) is 0. The molecule has 21 N–H and O–H groups in total. The van der Waals surface area contributed by atoms with Gasteiger partial charge in [-0.25, -0.2) is 0 Å². The van der Waals surface area contributed by atoms with Crippen LogP contribution in [0.2, 0.25) is 0 Å². The Kier molecular flexibility index (Phi) is 90.0. The van der Waals surface area contributed by atoms with E-state index in [4.69, 9.17) is 44.3 Å². The summed E-state index contributed by atoms with van der Waals surface area (Å²) in [5.74, 6) is 0. The Balaban J connectivity index is -0.0000000123. The molecule has 0 aliphatic heterocycles. The van der Waals surface area contributed by atoms with Gasteiger partial charge in [-0.05, 0) is 6.16 Å². The quantitative estimate of drug-likeness (QED) is 0.202. The summed E-state index contributed by atoms with van der Waals surface area (Å²) in [5, 5.41) is 32.0. The van der Waals surface area contributed by atoms with E-state index in [1.165, 1.54) is 0 Å². The molecule has 0 saturated carbocycles. The fourth-order valence-electron chi connectivity index (χ4n) is 0. The first-order chi connectivity index (χ1) is 5.46. The third kappa shape index (κ3) is 1270. The van der Waals surface area contributed by atoms with Gasteiger partial charge in [0.25, 0.3) is 0 Å². The first kappa shape index (κ1) is 54.7.